The molecule has 0 atom stereocenters. The number of nitrogens with one attached hydrogen (secondary N) is 1. The molecule has 0 aliphatic rings. The molecule has 2 rings (SSSR count). The Hall–Kier alpha value is -2.01. The second kappa shape index (κ2) is 5.75. The monoisotopic (exact) mass is 262 g/mol. The Kier molecular flexibility index (Phi) is 4.06. The molecule has 5 heteroatoms. The van der Waals surface area contributed by atoms with Crippen LogP contribution in [0.4, 0.5) is 0 Å². The van der Waals surface area contributed by atoms with Crippen LogP contribution >= 0.6 is 0 Å². The summed E-state index contributed by atoms with van der Waals surface area (Å²) >= 11 is 0. The first-order chi connectivity index (χ1) is 9.19. The van der Waals surface area contributed by atoms with Crippen molar-refractivity contribution in [3.8, 4) is 22.8 Å². The van der Waals surface area contributed by atoms with E-state index in [9.17, 15) is 0 Å². The average molecular weight is 262 g/mol. The molecule has 0 spiro atoms. The number of nitrogens with zero attached hydrogens (tertiary/aromatic N) is 1. The van der Waals surface area contributed by atoms with E-state index in [1.165, 1.54) is 0 Å². The van der Waals surface area contributed by atoms with E-state index in [0.29, 0.717) is 17.9 Å². The lowest BCUT2D eigenvalue weighted by Gasteiger charge is -2.08. The van der Waals surface area contributed by atoms with Gasteiger partial charge >= 0.3 is 0 Å². The number of aromatic amines is 1. The number of hydrogen-bond acceptors (Lipinski definition) is 4. The highest BCUT2D eigenvalue weighted by Gasteiger charge is 2.12. The van der Waals surface area contributed by atoms with Gasteiger partial charge in [0, 0.05) is 17.7 Å². The van der Waals surface area contributed by atoms with Crippen LogP contribution in [-0.2, 0) is 6.42 Å². The first kappa shape index (κ1) is 13.4. The van der Waals surface area contributed by atoms with Gasteiger partial charge in [0.05, 0.1) is 26.5 Å². The van der Waals surface area contributed by atoms with Crippen LogP contribution in [-0.4, -0.2) is 35.9 Å². The number of imidazole rings is 1. The van der Waals surface area contributed by atoms with E-state index in [1.54, 1.807) is 14.2 Å². The number of aliphatic hydroxyl groups excluding tert-OH is 1. The third kappa shape index (κ3) is 2.71. The summed E-state index contributed by atoms with van der Waals surface area (Å²) in [5.74, 6) is 2.14. The second-order valence-electron chi connectivity index (χ2n) is 4.20. The number of aromatic nitrogens is 2. The fourth-order valence-corrected chi connectivity index (χ4v) is 2.01. The maximum Gasteiger partial charge on any atom is 0.161 e. The van der Waals surface area contributed by atoms with E-state index < -0.39 is 0 Å². The van der Waals surface area contributed by atoms with Crippen LogP contribution in [0.25, 0.3) is 11.3 Å². The van der Waals surface area contributed by atoms with Crippen molar-refractivity contribution in [2.75, 3.05) is 20.8 Å². The Morgan fingerprint density at radius 3 is 2.58 bits per heavy atom. The number of ether oxygens (including phenoxy) is 2. The summed E-state index contributed by atoms with van der Waals surface area (Å²) in [6.07, 6.45) is 0.522. The molecule has 0 aliphatic carbocycles. The summed E-state index contributed by atoms with van der Waals surface area (Å²) in [6.45, 7) is 2.04. The van der Waals surface area contributed by atoms with Gasteiger partial charge in [-0.1, -0.05) is 0 Å². The van der Waals surface area contributed by atoms with Crippen molar-refractivity contribution in [2.24, 2.45) is 0 Å². The first-order valence-electron chi connectivity index (χ1n) is 6.08. The molecule has 0 saturated carbocycles. The van der Waals surface area contributed by atoms with E-state index >= 15 is 0 Å². The second-order valence-corrected chi connectivity index (χ2v) is 4.20. The summed E-state index contributed by atoms with van der Waals surface area (Å²) in [4.78, 5) is 7.66. The van der Waals surface area contributed by atoms with Crippen molar-refractivity contribution in [1.82, 2.24) is 9.97 Å². The molecule has 0 amide bonds. The van der Waals surface area contributed by atoms with Gasteiger partial charge in [-0.2, -0.15) is 0 Å². The number of aryl methyl sites for hydroxylation is 1. The number of H-pyrrole nitrogens is 1. The van der Waals surface area contributed by atoms with Crippen molar-refractivity contribution in [1.29, 1.82) is 0 Å². The zero-order chi connectivity index (χ0) is 13.8. The lowest BCUT2D eigenvalue weighted by molar-refractivity contribution is 0.297. The minimum atomic E-state index is 0.0817. The van der Waals surface area contributed by atoms with E-state index in [2.05, 4.69) is 9.97 Å². The molecule has 1 aromatic carbocycles. The van der Waals surface area contributed by atoms with Crippen LogP contribution in [0.2, 0.25) is 0 Å². The van der Waals surface area contributed by atoms with Crippen LogP contribution in [0.5, 0.6) is 11.5 Å². The van der Waals surface area contributed by atoms with Gasteiger partial charge in [0.2, 0.25) is 0 Å². The van der Waals surface area contributed by atoms with Crippen LogP contribution in [0.3, 0.4) is 0 Å². The molecular formula is C14H18N2O3. The van der Waals surface area contributed by atoms with Gasteiger partial charge in [-0.05, 0) is 25.1 Å². The van der Waals surface area contributed by atoms with Gasteiger partial charge in [-0.3, -0.25) is 0 Å². The van der Waals surface area contributed by atoms with Crippen molar-refractivity contribution < 1.29 is 14.6 Å². The number of hydrogen-bond donors (Lipinski definition) is 2. The van der Waals surface area contributed by atoms with E-state index in [0.717, 1.165) is 22.8 Å². The van der Waals surface area contributed by atoms with Gasteiger partial charge in [0.1, 0.15) is 5.82 Å². The van der Waals surface area contributed by atoms with E-state index in [-0.39, 0.29) is 6.61 Å². The summed E-state index contributed by atoms with van der Waals surface area (Å²) in [5.41, 5.74) is 2.79. The molecule has 0 unspecified atom stereocenters. The Morgan fingerprint density at radius 2 is 1.95 bits per heavy atom. The van der Waals surface area contributed by atoms with Crippen molar-refractivity contribution in [3.05, 3.63) is 29.7 Å². The Balaban J connectivity index is 2.41. The van der Waals surface area contributed by atoms with Gasteiger partial charge < -0.3 is 19.6 Å². The molecule has 1 aromatic heterocycles. The van der Waals surface area contributed by atoms with Gasteiger partial charge in [0.25, 0.3) is 0 Å². The van der Waals surface area contributed by atoms with Gasteiger partial charge in [-0.25, -0.2) is 4.98 Å². The summed E-state index contributed by atoms with van der Waals surface area (Å²) in [5, 5.41) is 8.94. The lowest BCUT2D eigenvalue weighted by atomic mass is 10.1. The van der Waals surface area contributed by atoms with Crippen LogP contribution in [0, 0.1) is 6.92 Å². The van der Waals surface area contributed by atoms with Crippen LogP contribution < -0.4 is 9.47 Å². The quantitative estimate of drug-likeness (QED) is 0.864. The van der Waals surface area contributed by atoms with Crippen molar-refractivity contribution in [2.45, 2.75) is 13.3 Å². The molecule has 2 N–H and O–H groups in total. The van der Waals surface area contributed by atoms with Crippen molar-refractivity contribution >= 4 is 0 Å². The standard InChI is InChI=1S/C14H18N2O3/c1-9-14(16-13(15-9)6-7-17)10-4-5-11(18-2)12(8-10)19-3/h4-5,8,17H,6-7H2,1-3H3,(H,15,16). The Labute approximate surface area is 112 Å². The van der Waals surface area contributed by atoms with E-state index in [4.69, 9.17) is 14.6 Å². The van der Waals surface area contributed by atoms with Crippen LogP contribution in [0.1, 0.15) is 11.5 Å². The predicted molar refractivity (Wildman–Crippen MR) is 72.7 cm³/mol. The van der Waals surface area contributed by atoms with Gasteiger partial charge in [-0.15, -0.1) is 0 Å². The molecule has 0 bridgehead atoms. The largest absolute Gasteiger partial charge is 0.493 e. The average Bonchev–Trinajstić information content (AvgIpc) is 2.79. The number of rotatable bonds is 5. The summed E-state index contributed by atoms with van der Waals surface area (Å²) < 4.78 is 10.5. The third-order valence-corrected chi connectivity index (χ3v) is 2.94. The number of methoxy groups -OCH3 is 2. The molecule has 0 aliphatic heterocycles. The SMILES string of the molecule is COc1ccc(-c2nc(CCO)[nH]c2C)cc1OC. The zero-order valence-corrected chi connectivity index (χ0v) is 11.4. The highest BCUT2D eigenvalue weighted by Crippen LogP contribution is 2.32. The Bertz CT molecular complexity index is 564. The normalized spacial score (nSPS) is 10.5. The topological polar surface area (TPSA) is 67.4 Å². The molecule has 0 fully saturated rings. The smallest absolute Gasteiger partial charge is 0.161 e. The van der Waals surface area contributed by atoms with E-state index in [1.807, 2.05) is 25.1 Å². The highest BCUT2D eigenvalue weighted by molar-refractivity contribution is 5.66. The number of benzene rings is 1. The summed E-state index contributed by atoms with van der Waals surface area (Å²) in [7, 11) is 3.22. The Morgan fingerprint density at radius 1 is 1.21 bits per heavy atom. The summed E-state index contributed by atoms with van der Waals surface area (Å²) in [6, 6.07) is 5.69. The molecule has 102 valence electrons. The molecule has 5 nitrogen and oxygen atoms in total. The molecular weight excluding hydrogens is 244 g/mol. The highest BCUT2D eigenvalue weighted by atomic mass is 16.5. The number of aliphatic hydroxyl groups is 1. The minimum absolute atomic E-state index is 0.0817. The predicted octanol–water partition coefficient (Wildman–Crippen LogP) is 1.94. The zero-order valence-electron chi connectivity index (χ0n) is 11.4. The fourth-order valence-electron chi connectivity index (χ4n) is 2.01. The molecule has 1 heterocycles. The third-order valence-electron chi connectivity index (χ3n) is 2.94. The van der Waals surface area contributed by atoms with Crippen molar-refractivity contribution in [3.63, 3.8) is 0 Å². The fraction of sp³-hybridized carbons (Fsp3) is 0.357. The first-order valence-corrected chi connectivity index (χ1v) is 6.08. The molecule has 19 heavy (non-hydrogen) atoms. The van der Waals surface area contributed by atoms with Crippen LogP contribution in [0.15, 0.2) is 18.2 Å². The van der Waals surface area contributed by atoms with Gasteiger partial charge in [0.15, 0.2) is 11.5 Å². The maximum absolute atomic E-state index is 8.94. The molecule has 0 radical (unpaired) electrons. The lowest BCUT2D eigenvalue weighted by Crippen LogP contribution is -1.93. The molecule has 2 aromatic rings. The molecule has 0 saturated heterocycles. The maximum atomic E-state index is 8.94. The minimum Gasteiger partial charge on any atom is -0.493 e.